The molecule has 1 N–H and O–H groups in total. The number of ether oxygens (including phenoxy) is 1. The van der Waals surface area contributed by atoms with Gasteiger partial charge in [-0.3, -0.25) is 4.79 Å². The van der Waals surface area contributed by atoms with Crippen LogP contribution in [0.15, 0.2) is 18.2 Å². The molecule has 0 heterocycles. The van der Waals surface area contributed by atoms with Crippen LogP contribution in [0.2, 0.25) is 0 Å². The van der Waals surface area contributed by atoms with Gasteiger partial charge >= 0.3 is 6.09 Å². The normalized spacial score (nSPS) is 21.9. The third kappa shape index (κ3) is 4.74. The lowest BCUT2D eigenvalue weighted by Crippen LogP contribution is -2.45. The van der Waals surface area contributed by atoms with Gasteiger partial charge < -0.3 is 10.1 Å². The summed E-state index contributed by atoms with van der Waals surface area (Å²) in [6.45, 7) is 5.17. The molecule has 126 valence electrons. The Morgan fingerprint density at radius 2 is 2.00 bits per heavy atom. The minimum Gasteiger partial charge on any atom is -0.444 e. The van der Waals surface area contributed by atoms with Gasteiger partial charge in [-0.15, -0.1) is 0 Å². The van der Waals surface area contributed by atoms with E-state index < -0.39 is 35.3 Å². The number of Topliss-reactive ketones (excluding diaryl/α,β-unsaturated/α-hetero) is 1. The number of rotatable bonds is 2. The Hall–Kier alpha value is -1.98. The predicted molar refractivity (Wildman–Crippen MR) is 81.1 cm³/mol. The maximum atomic E-state index is 14.0. The smallest absolute Gasteiger partial charge is 0.407 e. The minimum atomic E-state index is -0.678. The molecule has 1 amide bonds. The average Bonchev–Trinajstić information content (AvgIpc) is 2.40. The molecule has 1 saturated carbocycles. The van der Waals surface area contributed by atoms with E-state index in [4.69, 9.17) is 4.74 Å². The summed E-state index contributed by atoms with van der Waals surface area (Å²) in [4.78, 5) is 23.7. The molecule has 1 aliphatic rings. The van der Waals surface area contributed by atoms with Crippen LogP contribution in [-0.4, -0.2) is 23.5 Å². The molecule has 0 spiro atoms. The summed E-state index contributed by atoms with van der Waals surface area (Å²) in [7, 11) is 0. The van der Waals surface area contributed by atoms with Crippen LogP contribution in [0, 0.1) is 11.6 Å². The number of carbonyl (C=O) groups excluding carboxylic acids is 2. The number of benzene rings is 1. The Morgan fingerprint density at radius 3 is 2.65 bits per heavy atom. The molecule has 1 aromatic rings. The lowest BCUT2D eigenvalue weighted by atomic mass is 9.79. The summed E-state index contributed by atoms with van der Waals surface area (Å²) in [5, 5.41) is 2.63. The standard InChI is InChI=1S/C17H21F2NO3/c1-17(2,3)23-16(22)20-15-9-11(21)5-6-12(15)13-8-10(18)4-7-14(13)19/h4,7-8,12,15H,5-6,9H2,1-3H3,(H,20,22)/t12-,15?/m1/s1. The topological polar surface area (TPSA) is 55.4 Å². The molecule has 0 saturated heterocycles. The summed E-state index contributed by atoms with van der Waals surface area (Å²) in [5.41, 5.74) is -0.499. The summed E-state index contributed by atoms with van der Waals surface area (Å²) in [5.74, 6) is -1.56. The molecule has 1 unspecified atom stereocenters. The number of carbonyl (C=O) groups is 2. The number of ketones is 1. The van der Waals surface area contributed by atoms with Crippen LogP contribution < -0.4 is 5.32 Å². The van der Waals surface area contributed by atoms with Crippen molar-refractivity contribution < 1.29 is 23.1 Å². The van der Waals surface area contributed by atoms with E-state index >= 15 is 0 Å². The number of amides is 1. The highest BCUT2D eigenvalue weighted by Crippen LogP contribution is 2.33. The second kappa shape index (κ2) is 6.64. The molecule has 0 aromatic heterocycles. The Bertz CT molecular complexity index is 610. The van der Waals surface area contributed by atoms with E-state index in [9.17, 15) is 18.4 Å². The first-order valence-corrected chi connectivity index (χ1v) is 7.62. The van der Waals surface area contributed by atoms with Crippen molar-refractivity contribution in [1.82, 2.24) is 5.32 Å². The van der Waals surface area contributed by atoms with E-state index in [1.165, 1.54) is 0 Å². The quantitative estimate of drug-likeness (QED) is 0.902. The zero-order valence-electron chi connectivity index (χ0n) is 13.5. The number of alkyl carbamates (subject to hydrolysis) is 1. The Kier molecular flexibility index (Phi) is 5.02. The first-order chi connectivity index (χ1) is 10.7. The van der Waals surface area contributed by atoms with Gasteiger partial charge in [-0.05, 0) is 51.0 Å². The first-order valence-electron chi connectivity index (χ1n) is 7.62. The van der Waals surface area contributed by atoms with Crippen molar-refractivity contribution in [2.24, 2.45) is 0 Å². The first kappa shape index (κ1) is 17.4. The molecule has 1 aliphatic carbocycles. The lowest BCUT2D eigenvalue weighted by Gasteiger charge is -2.32. The predicted octanol–water partition coefficient (Wildman–Crippen LogP) is 3.69. The molecule has 0 aliphatic heterocycles. The number of halogens is 2. The Balaban J connectivity index is 2.21. The van der Waals surface area contributed by atoms with Gasteiger partial charge in [0.25, 0.3) is 0 Å². The Morgan fingerprint density at radius 1 is 1.30 bits per heavy atom. The van der Waals surface area contributed by atoms with E-state index in [1.807, 2.05) is 0 Å². The monoisotopic (exact) mass is 325 g/mol. The number of nitrogens with one attached hydrogen (secondary N) is 1. The van der Waals surface area contributed by atoms with Crippen LogP contribution in [0.4, 0.5) is 13.6 Å². The zero-order chi connectivity index (χ0) is 17.2. The maximum Gasteiger partial charge on any atom is 0.407 e. The summed E-state index contributed by atoms with van der Waals surface area (Å²) in [6.07, 6.45) is 0.0612. The lowest BCUT2D eigenvalue weighted by molar-refractivity contribution is -0.121. The largest absolute Gasteiger partial charge is 0.444 e. The second-order valence-electron chi connectivity index (χ2n) is 6.81. The molecule has 6 heteroatoms. The molecular formula is C17H21F2NO3. The molecule has 0 bridgehead atoms. The van der Waals surface area contributed by atoms with Crippen LogP contribution in [-0.2, 0) is 9.53 Å². The van der Waals surface area contributed by atoms with Gasteiger partial charge in [0.1, 0.15) is 23.0 Å². The van der Waals surface area contributed by atoms with Gasteiger partial charge in [-0.1, -0.05) is 0 Å². The van der Waals surface area contributed by atoms with E-state index in [0.717, 1.165) is 18.2 Å². The average molecular weight is 325 g/mol. The van der Waals surface area contributed by atoms with Gasteiger partial charge in [0.2, 0.25) is 0 Å². The summed E-state index contributed by atoms with van der Waals surface area (Å²) >= 11 is 0. The molecule has 2 atom stereocenters. The van der Waals surface area contributed by atoms with Crippen LogP contribution >= 0.6 is 0 Å². The van der Waals surface area contributed by atoms with Crippen molar-refractivity contribution in [3.63, 3.8) is 0 Å². The number of hydrogen-bond acceptors (Lipinski definition) is 3. The van der Waals surface area contributed by atoms with Gasteiger partial charge in [0.15, 0.2) is 0 Å². The third-order valence-electron chi connectivity index (χ3n) is 3.73. The maximum absolute atomic E-state index is 14.0. The molecule has 2 rings (SSSR count). The van der Waals surface area contributed by atoms with Crippen LogP contribution in [0.25, 0.3) is 0 Å². The third-order valence-corrected chi connectivity index (χ3v) is 3.73. The van der Waals surface area contributed by atoms with E-state index in [1.54, 1.807) is 20.8 Å². The zero-order valence-corrected chi connectivity index (χ0v) is 13.5. The molecule has 1 fully saturated rings. The van der Waals surface area contributed by atoms with Gasteiger partial charge in [0, 0.05) is 24.8 Å². The van der Waals surface area contributed by atoms with E-state index in [2.05, 4.69) is 5.32 Å². The fourth-order valence-corrected chi connectivity index (χ4v) is 2.79. The molecule has 23 heavy (non-hydrogen) atoms. The van der Waals surface area contributed by atoms with Crippen molar-refractivity contribution in [2.45, 2.75) is 57.6 Å². The van der Waals surface area contributed by atoms with Crippen LogP contribution in [0.5, 0.6) is 0 Å². The minimum absolute atomic E-state index is 0.0147. The SMILES string of the molecule is CC(C)(C)OC(=O)NC1CC(=O)CC[C@@H]1c1cc(F)ccc1F. The van der Waals surface area contributed by atoms with Gasteiger partial charge in [0.05, 0.1) is 0 Å². The van der Waals surface area contributed by atoms with Crippen molar-refractivity contribution in [1.29, 1.82) is 0 Å². The van der Waals surface area contributed by atoms with Crippen molar-refractivity contribution in [2.75, 3.05) is 0 Å². The molecule has 0 radical (unpaired) electrons. The van der Waals surface area contributed by atoms with Gasteiger partial charge in [-0.25, -0.2) is 13.6 Å². The second-order valence-corrected chi connectivity index (χ2v) is 6.81. The molecule has 4 nitrogen and oxygen atoms in total. The van der Waals surface area contributed by atoms with Crippen LogP contribution in [0.1, 0.15) is 51.5 Å². The summed E-state index contributed by atoms with van der Waals surface area (Å²) in [6, 6.07) is 2.62. The fraction of sp³-hybridized carbons (Fsp3) is 0.529. The highest BCUT2D eigenvalue weighted by atomic mass is 19.1. The van der Waals surface area contributed by atoms with E-state index in [-0.39, 0.29) is 24.2 Å². The molecular weight excluding hydrogens is 304 g/mol. The van der Waals surface area contributed by atoms with Crippen LogP contribution in [0.3, 0.4) is 0 Å². The highest BCUT2D eigenvalue weighted by Gasteiger charge is 2.34. The summed E-state index contributed by atoms with van der Waals surface area (Å²) < 4.78 is 32.7. The van der Waals surface area contributed by atoms with Gasteiger partial charge in [-0.2, -0.15) is 0 Å². The number of hydrogen-bond donors (Lipinski definition) is 1. The molecule has 1 aromatic carbocycles. The van der Waals surface area contributed by atoms with Crippen molar-refractivity contribution in [3.8, 4) is 0 Å². The van der Waals surface area contributed by atoms with Crippen molar-refractivity contribution >= 4 is 11.9 Å². The highest BCUT2D eigenvalue weighted by molar-refractivity contribution is 5.81. The fourth-order valence-electron chi connectivity index (χ4n) is 2.79. The van der Waals surface area contributed by atoms with E-state index in [0.29, 0.717) is 6.42 Å². The Labute approximate surface area is 134 Å². The van der Waals surface area contributed by atoms with Crippen molar-refractivity contribution in [3.05, 3.63) is 35.4 Å².